The molecule has 0 unspecified atom stereocenters. The molecular formula is C29H49F6NO6. The lowest BCUT2D eigenvalue weighted by molar-refractivity contribution is -0.377. The van der Waals surface area contributed by atoms with Gasteiger partial charge in [0, 0.05) is 25.9 Å². The molecule has 0 bridgehead atoms. The predicted octanol–water partition coefficient (Wildman–Crippen LogP) is 8.24. The average molecular weight is 622 g/mol. The number of alkyl halides is 6. The molecule has 0 radical (unpaired) electrons. The number of halogens is 6. The van der Waals surface area contributed by atoms with Crippen LogP contribution >= 0.6 is 0 Å². The summed E-state index contributed by atoms with van der Waals surface area (Å²) in [5.41, 5.74) is -9.07. The molecule has 0 aliphatic carbocycles. The van der Waals surface area contributed by atoms with Crippen molar-refractivity contribution in [1.82, 2.24) is 4.90 Å². The van der Waals surface area contributed by atoms with Gasteiger partial charge in [-0.25, -0.2) is 4.79 Å². The Labute approximate surface area is 246 Å². The summed E-state index contributed by atoms with van der Waals surface area (Å²) >= 11 is 0. The second-order valence-corrected chi connectivity index (χ2v) is 13.6. The predicted molar refractivity (Wildman–Crippen MR) is 145 cm³/mol. The second kappa shape index (κ2) is 13.6. The SMILES string of the molecule is CCC(C)(C)C(=O)OC(C)(C)C(C)(C(F)(F)F)C(F)(F)F.CCC(C)(C)C(=O)OC1CCN(C(=O)OC(C)(C)C)CC1. The third-order valence-electron chi connectivity index (χ3n) is 7.93. The molecule has 1 amide bonds. The van der Waals surface area contributed by atoms with Gasteiger partial charge in [-0.1, -0.05) is 13.8 Å². The van der Waals surface area contributed by atoms with Crippen molar-refractivity contribution in [2.24, 2.45) is 16.2 Å². The van der Waals surface area contributed by atoms with Gasteiger partial charge in [0.25, 0.3) is 0 Å². The molecule has 0 spiro atoms. The number of hydrogen-bond acceptors (Lipinski definition) is 6. The number of likely N-dealkylation sites (tertiary alicyclic amines) is 1. The maximum absolute atomic E-state index is 13.0. The number of carbonyl (C=O) groups is 3. The normalized spacial score (nSPS) is 16.3. The van der Waals surface area contributed by atoms with Crippen LogP contribution in [0.2, 0.25) is 0 Å². The molecule has 7 nitrogen and oxygen atoms in total. The van der Waals surface area contributed by atoms with E-state index in [0.717, 1.165) is 6.42 Å². The van der Waals surface area contributed by atoms with Crippen LogP contribution in [-0.2, 0) is 23.8 Å². The van der Waals surface area contributed by atoms with E-state index in [0.29, 0.717) is 39.8 Å². The summed E-state index contributed by atoms with van der Waals surface area (Å²) in [4.78, 5) is 37.5. The highest BCUT2D eigenvalue weighted by molar-refractivity contribution is 5.76. The van der Waals surface area contributed by atoms with Gasteiger partial charge in [0.1, 0.15) is 17.3 Å². The van der Waals surface area contributed by atoms with Crippen LogP contribution < -0.4 is 0 Å². The van der Waals surface area contributed by atoms with Gasteiger partial charge in [-0.15, -0.1) is 0 Å². The summed E-state index contributed by atoms with van der Waals surface area (Å²) < 4.78 is 93.6. The van der Waals surface area contributed by atoms with Crippen molar-refractivity contribution in [1.29, 1.82) is 0 Å². The zero-order valence-electron chi connectivity index (χ0n) is 27.0. The summed E-state index contributed by atoms with van der Waals surface area (Å²) in [6.45, 7) is 18.1. The van der Waals surface area contributed by atoms with E-state index in [-0.39, 0.29) is 31.5 Å². The van der Waals surface area contributed by atoms with Crippen molar-refractivity contribution in [3.8, 4) is 0 Å². The van der Waals surface area contributed by atoms with E-state index in [1.54, 1.807) is 11.8 Å². The van der Waals surface area contributed by atoms with Crippen LogP contribution in [0.3, 0.4) is 0 Å². The van der Waals surface area contributed by atoms with Crippen LogP contribution in [0.15, 0.2) is 0 Å². The molecule has 0 aromatic rings. The molecule has 0 N–H and O–H groups in total. The molecule has 13 heteroatoms. The Morgan fingerprint density at radius 3 is 1.38 bits per heavy atom. The fraction of sp³-hybridized carbons (Fsp3) is 0.897. The van der Waals surface area contributed by atoms with Gasteiger partial charge in [0.15, 0.2) is 5.41 Å². The zero-order chi connectivity index (χ0) is 33.8. The van der Waals surface area contributed by atoms with Gasteiger partial charge in [0.05, 0.1) is 10.8 Å². The summed E-state index contributed by atoms with van der Waals surface area (Å²) in [7, 11) is 0. The van der Waals surface area contributed by atoms with Crippen LogP contribution in [0.25, 0.3) is 0 Å². The highest BCUT2D eigenvalue weighted by Gasteiger charge is 2.75. The topological polar surface area (TPSA) is 82.1 Å². The van der Waals surface area contributed by atoms with Crippen molar-refractivity contribution in [3.63, 3.8) is 0 Å². The van der Waals surface area contributed by atoms with Crippen molar-refractivity contribution < 1.29 is 54.9 Å². The number of carbonyl (C=O) groups excluding carboxylic acids is 3. The lowest BCUT2D eigenvalue weighted by Crippen LogP contribution is -2.62. The van der Waals surface area contributed by atoms with Crippen LogP contribution in [-0.4, -0.2) is 65.7 Å². The molecule has 1 rings (SSSR count). The monoisotopic (exact) mass is 621 g/mol. The minimum absolute atomic E-state index is 0.000768. The van der Waals surface area contributed by atoms with Gasteiger partial charge in [0.2, 0.25) is 0 Å². The average Bonchev–Trinajstić information content (AvgIpc) is 2.81. The Morgan fingerprint density at radius 2 is 1.05 bits per heavy atom. The van der Waals surface area contributed by atoms with E-state index in [2.05, 4.69) is 4.74 Å². The number of nitrogens with zero attached hydrogens (tertiary/aromatic N) is 1. The molecule has 42 heavy (non-hydrogen) atoms. The second-order valence-electron chi connectivity index (χ2n) is 13.6. The molecule has 1 aliphatic heterocycles. The molecule has 0 saturated carbocycles. The van der Waals surface area contributed by atoms with E-state index in [4.69, 9.17) is 9.47 Å². The highest BCUT2D eigenvalue weighted by Crippen LogP contribution is 2.57. The number of ether oxygens (including phenoxy) is 3. The van der Waals surface area contributed by atoms with Crippen molar-refractivity contribution in [2.75, 3.05) is 13.1 Å². The van der Waals surface area contributed by atoms with E-state index in [1.165, 1.54) is 13.8 Å². The molecule has 0 aromatic heterocycles. The first kappa shape index (κ1) is 39.8. The lowest BCUT2D eigenvalue weighted by atomic mass is 9.73. The number of esters is 2. The summed E-state index contributed by atoms with van der Waals surface area (Å²) in [5, 5.41) is 0. The maximum Gasteiger partial charge on any atom is 0.410 e. The van der Waals surface area contributed by atoms with Gasteiger partial charge in [-0.3, -0.25) is 9.59 Å². The minimum Gasteiger partial charge on any atom is -0.462 e. The van der Waals surface area contributed by atoms with Gasteiger partial charge < -0.3 is 19.1 Å². The molecule has 0 atom stereocenters. The van der Waals surface area contributed by atoms with Crippen LogP contribution in [0.4, 0.5) is 31.1 Å². The molecule has 1 saturated heterocycles. The first-order valence-corrected chi connectivity index (χ1v) is 14.0. The molecule has 248 valence electrons. The Bertz CT molecular complexity index is 912. The van der Waals surface area contributed by atoms with Crippen molar-refractivity contribution in [2.45, 2.75) is 138 Å². The van der Waals surface area contributed by atoms with Gasteiger partial charge >= 0.3 is 30.4 Å². The van der Waals surface area contributed by atoms with E-state index in [9.17, 15) is 40.7 Å². The van der Waals surface area contributed by atoms with Crippen molar-refractivity contribution in [3.05, 3.63) is 0 Å². The Kier molecular flexibility index (Phi) is 12.9. The Balaban J connectivity index is 0.000000800. The molecular weight excluding hydrogens is 572 g/mol. The maximum atomic E-state index is 13.0. The van der Waals surface area contributed by atoms with E-state index >= 15 is 0 Å². The Morgan fingerprint density at radius 1 is 0.667 bits per heavy atom. The smallest absolute Gasteiger partial charge is 0.410 e. The fourth-order valence-electron chi connectivity index (χ4n) is 3.40. The molecule has 1 fully saturated rings. The standard InChI is InChI=1S/C16H29NO4.C13H20F6O2/c1-7-16(5,6)13(18)20-12-8-10-17(11-9-12)14(19)21-15(2,3)4;1-7-9(2,3)8(20)21-10(4,5)11(6,12(14,15)16)13(17,18)19/h12H,7-11H2,1-6H3;7H2,1-6H3. The first-order valence-electron chi connectivity index (χ1n) is 14.0. The first-order chi connectivity index (χ1) is 18.5. The zero-order valence-corrected chi connectivity index (χ0v) is 27.0. The summed E-state index contributed by atoms with van der Waals surface area (Å²) in [6.07, 6.45) is -9.31. The van der Waals surface area contributed by atoms with Crippen LogP contribution in [0.1, 0.15) is 109 Å². The number of hydrogen-bond donors (Lipinski definition) is 0. The largest absolute Gasteiger partial charge is 0.462 e. The van der Waals surface area contributed by atoms with Crippen LogP contribution in [0, 0.1) is 16.2 Å². The highest BCUT2D eigenvalue weighted by atomic mass is 19.4. The number of rotatable bonds is 7. The van der Waals surface area contributed by atoms with E-state index < -0.39 is 45.8 Å². The molecule has 0 aromatic carbocycles. The van der Waals surface area contributed by atoms with E-state index in [1.807, 2.05) is 41.5 Å². The van der Waals surface area contributed by atoms with Crippen molar-refractivity contribution >= 4 is 18.0 Å². The summed E-state index contributed by atoms with van der Waals surface area (Å²) in [6, 6.07) is 0. The third kappa shape index (κ3) is 10.2. The number of amides is 1. The molecule has 1 heterocycles. The third-order valence-corrected chi connectivity index (χ3v) is 7.93. The quantitative estimate of drug-likeness (QED) is 0.162. The summed E-state index contributed by atoms with van der Waals surface area (Å²) in [5.74, 6) is -1.25. The number of piperidine rings is 1. The Hall–Kier alpha value is -2.21. The minimum atomic E-state index is -5.62. The van der Waals surface area contributed by atoms with Gasteiger partial charge in [-0.05, 0) is 82.1 Å². The lowest BCUT2D eigenvalue weighted by Gasteiger charge is -2.45. The van der Waals surface area contributed by atoms with Gasteiger partial charge in [-0.2, -0.15) is 26.3 Å². The fourth-order valence-corrected chi connectivity index (χ4v) is 3.40. The van der Waals surface area contributed by atoms with Crippen LogP contribution in [0.5, 0.6) is 0 Å². The molecule has 1 aliphatic rings.